The molecule has 22 heavy (non-hydrogen) atoms. The van der Waals surface area contributed by atoms with Gasteiger partial charge in [0.05, 0.1) is 6.54 Å². The number of hydrogen-bond acceptors (Lipinski definition) is 3. The fourth-order valence-electron chi connectivity index (χ4n) is 1.85. The van der Waals surface area contributed by atoms with Gasteiger partial charge in [0.25, 0.3) is 0 Å². The number of alkyl halides is 2. The number of nitrogens with zero attached hydrogens (tertiary/aromatic N) is 1. The zero-order valence-corrected chi connectivity index (χ0v) is 12.0. The third kappa shape index (κ3) is 4.44. The average Bonchev–Trinajstić information content (AvgIpc) is 2.53. The van der Waals surface area contributed by atoms with Gasteiger partial charge in [-0.2, -0.15) is 8.78 Å². The lowest BCUT2D eigenvalue weighted by Gasteiger charge is -2.18. The zero-order valence-electron chi connectivity index (χ0n) is 12.0. The first-order chi connectivity index (χ1) is 10.6. The highest BCUT2D eigenvalue weighted by molar-refractivity contribution is 5.95. The summed E-state index contributed by atoms with van der Waals surface area (Å²) in [5.74, 6) is -0.0348. The number of ether oxygens (including phenoxy) is 1. The molecule has 0 bridgehead atoms. The van der Waals surface area contributed by atoms with Crippen LogP contribution in [-0.2, 0) is 4.79 Å². The van der Waals surface area contributed by atoms with Crippen LogP contribution in [0.5, 0.6) is 5.75 Å². The quantitative estimate of drug-likeness (QED) is 0.889. The first-order valence-electron chi connectivity index (χ1n) is 6.66. The first kappa shape index (κ1) is 15.8. The average molecular weight is 306 g/mol. The van der Waals surface area contributed by atoms with Crippen molar-refractivity contribution < 1.29 is 18.3 Å². The van der Waals surface area contributed by atoms with Gasteiger partial charge in [-0.3, -0.25) is 4.79 Å². The van der Waals surface area contributed by atoms with Crippen LogP contribution < -0.4 is 15.0 Å². The maximum absolute atomic E-state index is 12.1. The van der Waals surface area contributed by atoms with Gasteiger partial charge in [-0.05, 0) is 36.4 Å². The zero-order chi connectivity index (χ0) is 15.9. The normalized spacial score (nSPS) is 10.4. The van der Waals surface area contributed by atoms with E-state index < -0.39 is 6.61 Å². The van der Waals surface area contributed by atoms with Crippen molar-refractivity contribution in [3.05, 3.63) is 54.6 Å². The summed E-state index contributed by atoms with van der Waals surface area (Å²) < 4.78 is 28.3. The number of nitrogens with one attached hydrogen (secondary N) is 1. The number of halogens is 2. The molecule has 6 heteroatoms. The lowest BCUT2D eigenvalue weighted by Crippen LogP contribution is -2.32. The van der Waals surface area contributed by atoms with E-state index in [1.807, 2.05) is 30.3 Å². The first-order valence-corrected chi connectivity index (χ1v) is 6.66. The van der Waals surface area contributed by atoms with Crippen LogP contribution in [0.1, 0.15) is 0 Å². The Kier molecular flexibility index (Phi) is 5.30. The Hall–Kier alpha value is -2.63. The van der Waals surface area contributed by atoms with Crippen molar-refractivity contribution in [1.82, 2.24) is 0 Å². The van der Waals surface area contributed by atoms with E-state index in [0.29, 0.717) is 5.69 Å². The van der Waals surface area contributed by atoms with E-state index in [9.17, 15) is 13.6 Å². The molecule has 2 rings (SSSR count). The highest BCUT2D eigenvalue weighted by atomic mass is 19.3. The molecule has 0 atom stereocenters. The molecule has 0 saturated heterocycles. The predicted octanol–water partition coefficient (Wildman–Crippen LogP) is 3.36. The molecule has 0 fully saturated rings. The summed E-state index contributed by atoms with van der Waals surface area (Å²) in [6.45, 7) is -2.75. The molecule has 2 aromatic rings. The van der Waals surface area contributed by atoms with Crippen molar-refractivity contribution in [3.8, 4) is 5.75 Å². The van der Waals surface area contributed by atoms with Gasteiger partial charge in [-0.15, -0.1) is 0 Å². The summed E-state index contributed by atoms with van der Waals surface area (Å²) in [5.41, 5.74) is 1.45. The molecule has 116 valence electrons. The molecule has 0 spiro atoms. The number of amides is 1. The van der Waals surface area contributed by atoms with E-state index in [1.165, 1.54) is 12.1 Å². The van der Waals surface area contributed by atoms with Crippen LogP contribution in [0, 0.1) is 0 Å². The fourth-order valence-corrected chi connectivity index (χ4v) is 1.85. The molecule has 0 heterocycles. The maximum Gasteiger partial charge on any atom is 0.387 e. The highest BCUT2D eigenvalue weighted by Gasteiger charge is 2.10. The Labute approximate surface area is 127 Å². The molecule has 2 aromatic carbocycles. The third-order valence-corrected chi connectivity index (χ3v) is 3.04. The Morgan fingerprint density at radius 3 is 2.36 bits per heavy atom. The van der Waals surface area contributed by atoms with E-state index in [2.05, 4.69) is 10.1 Å². The SMILES string of the molecule is CN(C(=O)CNc1ccc(OC(F)F)cc1)c1ccccc1. The number of anilines is 2. The Bertz CT molecular complexity index is 603. The van der Waals surface area contributed by atoms with Crippen molar-refractivity contribution in [1.29, 1.82) is 0 Å². The number of carbonyl (C=O) groups is 1. The number of para-hydroxylation sites is 1. The Morgan fingerprint density at radius 2 is 1.77 bits per heavy atom. The lowest BCUT2D eigenvalue weighted by atomic mass is 10.3. The minimum Gasteiger partial charge on any atom is -0.435 e. The fraction of sp³-hybridized carbons (Fsp3) is 0.188. The lowest BCUT2D eigenvalue weighted by molar-refractivity contribution is -0.116. The number of benzene rings is 2. The van der Waals surface area contributed by atoms with Crippen LogP contribution in [0.15, 0.2) is 54.6 Å². The number of rotatable bonds is 6. The number of hydrogen-bond donors (Lipinski definition) is 1. The van der Waals surface area contributed by atoms with Crippen molar-refractivity contribution in [2.75, 3.05) is 23.8 Å². The summed E-state index contributed by atoms with van der Waals surface area (Å²) in [6.07, 6.45) is 0. The highest BCUT2D eigenvalue weighted by Crippen LogP contribution is 2.18. The van der Waals surface area contributed by atoms with Crippen LogP contribution >= 0.6 is 0 Å². The molecule has 0 aliphatic rings. The van der Waals surface area contributed by atoms with Crippen molar-refractivity contribution in [2.24, 2.45) is 0 Å². The summed E-state index contributed by atoms with van der Waals surface area (Å²) >= 11 is 0. The molecule has 0 unspecified atom stereocenters. The molecular formula is C16H16F2N2O2. The van der Waals surface area contributed by atoms with Crippen LogP contribution in [0.25, 0.3) is 0 Å². The minimum atomic E-state index is -2.85. The molecule has 1 N–H and O–H groups in total. The molecule has 4 nitrogen and oxygen atoms in total. The second-order valence-corrected chi connectivity index (χ2v) is 4.54. The van der Waals surface area contributed by atoms with Gasteiger partial charge in [0, 0.05) is 18.4 Å². The summed E-state index contributed by atoms with van der Waals surface area (Å²) in [7, 11) is 1.69. The van der Waals surface area contributed by atoms with Crippen LogP contribution in [-0.4, -0.2) is 26.1 Å². The van der Waals surface area contributed by atoms with Crippen LogP contribution in [0.3, 0.4) is 0 Å². The van der Waals surface area contributed by atoms with E-state index in [1.54, 1.807) is 24.1 Å². The van der Waals surface area contributed by atoms with E-state index in [0.717, 1.165) is 5.69 Å². The summed E-state index contributed by atoms with van der Waals surface area (Å²) in [6, 6.07) is 15.3. The van der Waals surface area contributed by atoms with Crippen molar-refractivity contribution in [3.63, 3.8) is 0 Å². The van der Waals surface area contributed by atoms with Crippen molar-refractivity contribution in [2.45, 2.75) is 6.61 Å². The standard InChI is InChI=1S/C16H16F2N2O2/c1-20(13-5-3-2-4-6-13)15(21)11-19-12-7-9-14(10-8-12)22-16(17)18/h2-10,16,19H,11H2,1H3. The summed E-state index contributed by atoms with van der Waals surface area (Å²) in [5, 5.41) is 2.94. The predicted molar refractivity (Wildman–Crippen MR) is 81.4 cm³/mol. The van der Waals surface area contributed by atoms with Crippen molar-refractivity contribution >= 4 is 17.3 Å². The molecule has 0 aliphatic heterocycles. The van der Waals surface area contributed by atoms with Gasteiger partial charge >= 0.3 is 6.61 Å². The monoisotopic (exact) mass is 306 g/mol. The molecule has 1 amide bonds. The molecule has 0 saturated carbocycles. The van der Waals surface area contributed by atoms with Gasteiger partial charge in [-0.1, -0.05) is 18.2 Å². The second kappa shape index (κ2) is 7.40. The van der Waals surface area contributed by atoms with E-state index in [4.69, 9.17) is 0 Å². The Morgan fingerprint density at radius 1 is 1.14 bits per heavy atom. The van der Waals surface area contributed by atoms with Gasteiger partial charge < -0.3 is 15.0 Å². The van der Waals surface area contributed by atoms with Gasteiger partial charge in [-0.25, -0.2) is 0 Å². The topological polar surface area (TPSA) is 41.6 Å². The molecule has 0 aliphatic carbocycles. The smallest absolute Gasteiger partial charge is 0.387 e. The second-order valence-electron chi connectivity index (χ2n) is 4.54. The van der Waals surface area contributed by atoms with Crippen LogP contribution in [0.4, 0.5) is 20.2 Å². The molecule has 0 aromatic heterocycles. The maximum atomic E-state index is 12.1. The minimum absolute atomic E-state index is 0.0771. The largest absolute Gasteiger partial charge is 0.435 e. The van der Waals surface area contributed by atoms with Crippen LogP contribution in [0.2, 0.25) is 0 Å². The third-order valence-electron chi connectivity index (χ3n) is 3.04. The number of likely N-dealkylation sites (N-methyl/N-ethyl adjacent to an activating group) is 1. The number of carbonyl (C=O) groups excluding carboxylic acids is 1. The van der Waals surface area contributed by atoms with Gasteiger partial charge in [0.1, 0.15) is 5.75 Å². The molecule has 0 radical (unpaired) electrons. The van der Waals surface area contributed by atoms with Gasteiger partial charge in [0.15, 0.2) is 0 Å². The molecular weight excluding hydrogens is 290 g/mol. The van der Waals surface area contributed by atoms with E-state index in [-0.39, 0.29) is 18.2 Å². The Balaban J connectivity index is 1.88. The van der Waals surface area contributed by atoms with E-state index >= 15 is 0 Å². The van der Waals surface area contributed by atoms with Gasteiger partial charge in [0.2, 0.25) is 5.91 Å². The summed E-state index contributed by atoms with van der Waals surface area (Å²) in [4.78, 5) is 13.6.